The Kier molecular flexibility index (Phi) is 7.38. The van der Waals surface area contributed by atoms with Crippen molar-refractivity contribution in [3.63, 3.8) is 0 Å². The molecule has 10 heteroatoms. The number of piperidine rings is 1. The van der Waals surface area contributed by atoms with Crippen molar-refractivity contribution in [1.29, 1.82) is 0 Å². The topological polar surface area (TPSA) is 83.0 Å². The minimum Gasteiger partial charge on any atom is -0.476 e. The molecule has 1 aliphatic heterocycles. The van der Waals surface area contributed by atoms with Crippen LogP contribution in [0.25, 0.3) is 0 Å². The molecule has 0 aliphatic carbocycles. The van der Waals surface area contributed by atoms with E-state index in [2.05, 4.69) is 4.98 Å². The van der Waals surface area contributed by atoms with Crippen LogP contribution in [0.15, 0.2) is 48.7 Å². The molecule has 2 aromatic rings. The molecule has 2 amide bonds. The lowest BCUT2D eigenvalue weighted by molar-refractivity contribution is -0.144. The van der Waals surface area contributed by atoms with Gasteiger partial charge in [0.2, 0.25) is 11.8 Å². The molecule has 0 unspecified atom stereocenters. The Morgan fingerprint density at radius 3 is 2.47 bits per heavy atom. The molecule has 1 aromatic heterocycles. The summed E-state index contributed by atoms with van der Waals surface area (Å²) in [5, 5.41) is 9.47. The average molecular weight is 479 g/mol. The number of carbonyl (C=O) groups excluding carboxylic acids is 1. The maximum absolute atomic E-state index is 13.4. The van der Waals surface area contributed by atoms with E-state index in [9.17, 15) is 27.9 Å². The van der Waals surface area contributed by atoms with Gasteiger partial charge in [0, 0.05) is 38.3 Å². The number of benzene rings is 1. The lowest BCUT2D eigenvalue weighted by Gasteiger charge is -2.44. The molecule has 1 aromatic carbocycles. The molecule has 1 saturated heterocycles. The highest BCUT2D eigenvalue weighted by atomic mass is 19.4. The van der Waals surface area contributed by atoms with E-state index in [0.29, 0.717) is 6.42 Å². The van der Waals surface area contributed by atoms with Gasteiger partial charge in [-0.1, -0.05) is 30.3 Å². The molecule has 2 heterocycles. The molecular weight excluding hydrogens is 451 g/mol. The van der Waals surface area contributed by atoms with E-state index in [1.165, 1.54) is 17.2 Å². The zero-order chi connectivity index (χ0) is 25.1. The van der Waals surface area contributed by atoms with Crippen molar-refractivity contribution in [3.05, 3.63) is 59.8 Å². The molecule has 1 aliphatic rings. The van der Waals surface area contributed by atoms with Gasteiger partial charge in [0.05, 0.1) is 5.41 Å². The van der Waals surface area contributed by atoms with Crippen LogP contribution >= 0.6 is 0 Å². The van der Waals surface area contributed by atoms with Gasteiger partial charge in [-0.25, -0.2) is 9.78 Å². The Hall–Kier alpha value is -3.30. The molecule has 0 spiro atoms. The first-order chi connectivity index (χ1) is 15.9. The van der Waals surface area contributed by atoms with Crippen molar-refractivity contribution in [2.24, 2.45) is 5.41 Å². The summed E-state index contributed by atoms with van der Waals surface area (Å²) in [5.41, 5.74) is -1.24. The Morgan fingerprint density at radius 2 is 1.85 bits per heavy atom. The number of amides is 2. The lowest BCUT2D eigenvalue weighted by Crippen LogP contribution is -2.54. The number of likely N-dealkylation sites (N-methyl/N-ethyl adjacent to an activating group) is 1. The van der Waals surface area contributed by atoms with E-state index >= 15 is 0 Å². The van der Waals surface area contributed by atoms with Gasteiger partial charge in [-0.3, -0.25) is 4.79 Å². The zero-order valence-electron chi connectivity index (χ0n) is 19.2. The number of ether oxygens (including phenoxy) is 1. The van der Waals surface area contributed by atoms with Crippen LogP contribution < -0.4 is 4.74 Å². The summed E-state index contributed by atoms with van der Waals surface area (Å²) in [5.74, 6) is -1.13. The fourth-order valence-electron chi connectivity index (χ4n) is 4.26. The Labute approximate surface area is 196 Å². The number of nitrogens with zero attached hydrogens (tertiary/aromatic N) is 3. The number of pyridine rings is 1. The molecular formula is C24H28F3N3O4. The minimum atomic E-state index is -4.63. The summed E-state index contributed by atoms with van der Waals surface area (Å²) in [6.07, 6.45) is -4.01. The number of hydrogen-bond acceptors (Lipinski definition) is 4. The first kappa shape index (κ1) is 25.3. The SMILES string of the molecule is CN(C(=O)C(C)(C)COc1ncccc1C(F)(F)F)[C@@H]1CCN(C(=O)O)C[C@H]1c1ccccc1. The second-order valence-electron chi connectivity index (χ2n) is 9.04. The third-order valence-corrected chi connectivity index (χ3v) is 6.12. The van der Waals surface area contributed by atoms with Crippen LogP contribution in [0.5, 0.6) is 5.88 Å². The van der Waals surface area contributed by atoms with Crippen molar-refractivity contribution >= 4 is 12.0 Å². The first-order valence-corrected chi connectivity index (χ1v) is 10.9. The minimum absolute atomic E-state index is 0.238. The zero-order valence-corrected chi connectivity index (χ0v) is 19.2. The molecule has 0 saturated carbocycles. The van der Waals surface area contributed by atoms with E-state index in [4.69, 9.17) is 4.74 Å². The van der Waals surface area contributed by atoms with Crippen LogP contribution in [0.3, 0.4) is 0 Å². The van der Waals surface area contributed by atoms with Gasteiger partial charge in [-0.15, -0.1) is 0 Å². The van der Waals surface area contributed by atoms with Crippen molar-refractivity contribution in [3.8, 4) is 5.88 Å². The summed E-state index contributed by atoms with van der Waals surface area (Å²) in [4.78, 5) is 31.6. The van der Waals surface area contributed by atoms with Crippen LogP contribution in [0, 0.1) is 5.41 Å². The second-order valence-corrected chi connectivity index (χ2v) is 9.04. The third-order valence-electron chi connectivity index (χ3n) is 6.12. The number of carbonyl (C=O) groups is 2. The molecule has 1 N–H and O–H groups in total. The van der Waals surface area contributed by atoms with E-state index in [-0.39, 0.29) is 37.6 Å². The van der Waals surface area contributed by atoms with E-state index < -0.39 is 29.1 Å². The van der Waals surface area contributed by atoms with Gasteiger partial charge in [0.1, 0.15) is 12.2 Å². The summed E-state index contributed by atoms with van der Waals surface area (Å²) >= 11 is 0. The predicted octanol–water partition coefficient (Wildman–Crippen LogP) is 4.50. The smallest absolute Gasteiger partial charge is 0.421 e. The highest BCUT2D eigenvalue weighted by Gasteiger charge is 2.41. The van der Waals surface area contributed by atoms with E-state index in [0.717, 1.165) is 11.6 Å². The van der Waals surface area contributed by atoms with Crippen molar-refractivity contribution in [2.45, 2.75) is 38.4 Å². The summed E-state index contributed by atoms with van der Waals surface area (Å²) in [6, 6.07) is 11.1. The monoisotopic (exact) mass is 479 g/mol. The van der Waals surface area contributed by atoms with Gasteiger partial charge in [-0.2, -0.15) is 13.2 Å². The summed E-state index contributed by atoms with van der Waals surface area (Å²) in [7, 11) is 1.64. The fourth-order valence-corrected chi connectivity index (χ4v) is 4.26. The number of alkyl halides is 3. The van der Waals surface area contributed by atoms with Crippen molar-refractivity contribution < 1.29 is 32.6 Å². The molecule has 0 radical (unpaired) electrons. The van der Waals surface area contributed by atoms with Gasteiger partial charge < -0.3 is 19.6 Å². The van der Waals surface area contributed by atoms with Crippen molar-refractivity contribution in [2.75, 3.05) is 26.7 Å². The van der Waals surface area contributed by atoms with Crippen molar-refractivity contribution in [1.82, 2.24) is 14.8 Å². The second kappa shape index (κ2) is 9.90. The van der Waals surface area contributed by atoms with E-state index in [1.807, 2.05) is 30.3 Å². The van der Waals surface area contributed by atoms with Gasteiger partial charge in [0.15, 0.2) is 0 Å². The summed E-state index contributed by atoms with van der Waals surface area (Å²) in [6.45, 7) is 3.42. The van der Waals surface area contributed by atoms with Crippen LogP contribution in [-0.2, 0) is 11.0 Å². The van der Waals surface area contributed by atoms with Crippen LogP contribution in [0.1, 0.15) is 37.3 Å². The third kappa shape index (κ3) is 5.60. The highest BCUT2D eigenvalue weighted by Crippen LogP contribution is 2.36. The van der Waals surface area contributed by atoms with Crippen LogP contribution in [0.4, 0.5) is 18.0 Å². The molecule has 34 heavy (non-hydrogen) atoms. The standard InChI is InChI=1S/C24H28F3N3O4/c1-23(2,15-34-20-18(24(25,26)27)10-7-12-28-20)21(31)29(3)19-11-13-30(22(32)33)14-17(19)16-8-5-4-6-9-16/h4-10,12,17,19H,11,13-15H2,1-3H3,(H,32,33)/t17-,19+/m0/s1. The Morgan fingerprint density at radius 1 is 1.18 bits per heavy atom. The maximum Gasteiger partial charge on any atom is 0.421 e. The number of halogens is 3. The maximum atomic E-state index is 13.4. The molecule has 0 bridgehead atoms. The quantitative estimate of drug-likeness (QED) is 0.660. The number of likely N-dealkylation sites (tertiary alicyclic amines) is 1. The highest BCUT2D eigenvalue weighted by molar-refractivity contribution is 5.82. The molecule has 1 fully saturated rings. The van der Waals surface area contributed by atoms with Crippen LogP contribution in [-0.4, -0.2) is 64.7 Å². The first-order valence-electron chi connectivity index (χ1n) is 10.9. The number of hydrogen-bond donors (Lipinski definition) is 1. The predicted molar refractivity (Wildman–Crippen MR) is 118 cm³/mol. The summed E-state index contributed by atoms with van der Waals surface area (Å²) < 4.78 is 45.1. The number of carboxylic acid groups (broad SMARTS) is 1. The normalized spacial score (nSPS) is 18.9. The lowest BCUT2D eigenvalue weighted by atomic mass is 9.83. The molecule has 184 valence electrons. The Balaban J connectivity index is 1.78. The van der Waals surface area contributed by atoms with Gasteiger partial charge in [0.25, 0.3) is 0 Å². The van der Waals surface area contributed by atoms with Crippen LogP contribution in [0.2, 0.25) is 0 Å². The molecule has 7 nitrogen and oxygen atoms in total. The largest absolute Gasteiger partial charge is 0.476 e. The number of aromatic nitrogens is 1. The number of rotatable bonds is 6. The fraction of sp³-hybridized carbons (Fsp3) is 0.458. The molecule has 3 rings (SSSR count). The average Bonchev–Trinajstić information content (AvgIpc) is 2.81. The molecule has 2 atom stereocenters. The Bertz CT molecular complexity index is 1010. The van der Waals surface area contributed by atoms with Gasteiger partial charge in [-0.05, 0) is 38.0 Å². The van der Waals surface area contributed by atoms with E-state index in [1.54, 1.807) is 25.8 Å². The van der Waals surface area contributed by atoms with Gasteiger partial charge >= 0.3 is 12.3 Å².